The molecule has 0 rings (SSSR count). The predicted octanol–water partition coefficient (Wildman–Crippen LogP) is 5.75. The summed E-state index contributed by atoms with van der Waals surface area (Å²) in [7, 11) is 1.44. The van der Waals surface area contributed by atoms with Crippen LogP contribution in [-0.2, 0) is 14.3 Å². The Morgan fingerprint density at radius 3 is 2.07 bits per heavy atom. The molecule has 0 aliphatic heterocycles. The fourth-order valence-electron chi connectivity index (χ4n) is 2.74. The van der Waals surface area contributed by atoms with Crippen LogP contribution in [0.1, 0.15) is 85.5 Å². The van der Waals surface area contributed by atoms with E-state index in [1.807, 2.05) is 13.8 Å². The van der Waals surface area contributed by atoms with E-state index in [9.17, 15) is 4.79 Å². The Morgan fingerprint density at radius 2 is 1.56 bits per heavy atom. The van der Waals surface area contributed by atoms with Gasteiger partial charge in [0.05, 0.1) is 19.1 Å². The molecule has 0 fully saturated rings. The molecule has 0 radical (unpaired) electrons. The van der Waals surface area contributed by atoms with Crippen LogP contribution < -0.4 is 0 Å². The molecule has 0 aromatic carbocycles. The molecule has 0 aliphatic carbocycles. The Morgan fingerprint density at radius 1 is 1.00 bits per heavy atom. The number of carbonyl (C=O) groups excluding carboxylic acids is 1. The van der Waals surface area contributed by atoms with Crippen molar-refractivity contribution in [3.63, 3.8) is 0 Å². The third-order valence-electron chi connectivity index (χ3n) is 4.89. The van der Waals surface area contributed by atoms with Crippen LogP contribution in [0.4, 0.5) is 0 Å². The van der Waals surface area contributed by atoms with Gasteiger partial charge in [0.2, 0.25) is 4.38 Å². The molecule has 3 unspecified atom stereocenters. The predicted molar refractivity (Wildman–Crippen MR) is 119 cm³/mol. The van der Waals surface area contributed by atoms with E-state index in [1.165, 1.54) is 32.8 Å². The third kappa shape index (κ3) is 14.3. The minimum atomic E-state index is -0.160. The van der Waals surface area contributed by atoms with E-state index >= 15 is 0 Å². The van der Waals surface area contributed by atoms with Crippen LogP contribution in [0.15, 0.2) is 0 Å². The first kappa shape index (κ1) is 26.7. The highest BCUT2D eigenvalue weighted by molar-refractivity contribution is 8.23. The van der Waals surface area contributed by atoms with Gasteiger partial charge in [0.25, 0.3) is 0 Å². The first-order valence-corrected chi connectivity index (χ1v) is 11.7. The third-order valence-corrected chi connectivity index (χ3v) is 6.32. The quantitative estimate of drug-likeness (QED) is 0.207. The van der Waals surface area contributed by atoms with Gasteiger partial charge in [-0.05, 0) is 44.3 Å². The number of thiocarbonyl (C=S) groups is 1. The van der Waals surface area contributed by atoms with Crippen molar-refractivity contribution >= 4 is 34.3 Å². The second-order valence-corrected chi connectivity index (χ2v) is 9.61. The van der Waals surface area contributed by atoms with E-state index in [0.717, 1.165) is 32.1 Å². The van der Waals surface area contributed by atoms with Crippen molar-refractivity contribution in [2.45, 2.75) is 96.8 Å². The summed E-state index contributed by atoms with van der Waals surface area (Å²) in [6.45, 7) is 8.50. The lowest BCUT2D eigenvalue weighted by atomic mass is 10.0. The molecule has 0 saturated carbocycles. The molecule has 27 heavy (non-hydrogen) atoms. The average molecular weight is 421 g/mol. The molecule has 0 bridgehead atoms. The van der Waals surface area contributed by atoms with Gasteiger partial charge in [-0.25, -0.2) is 0 Å². The number of methoxy groups -OCH3 is 1. The number of unbranched alkanes of at least 4 members (excludes halogenated alkanes) is 6. The molecule has 160 valence electrons. The normalized spacial score (nSPS) is 14.6. The number of rotatable bonds is 15. The van der Waals surface area contributed by atoms with Gasteiger partial charge in [-0.1, -0.05) is 71.1 Å². The summed E-state index contributed by atoms with van der Waals surface area (Å²) < 4.78 is 11.3. The zero-order valence-electron chi connectivity index (χ0n) is 17.9. The van der Waals surface area contributed by atoms with E-state index in [-0.39, 0.29) is 23.2 Å². The Balaban J connectivity index is 4.36. The fourth-order valence-corrected chi connectivity index (χ4v) is 4.45. The topological polar surface area (TPSA) is 55.8 Å². The van der Waals surface area contributed by atoms with Crippen LogP contribution in [0.5, 0.6) is 0 Å². The van der Waals surface area contributed by atoms with Crippen molar-refractivity contribution in [1.82, 2.24) is 0 Å². The van der Waals surface area contributed by atoms with Gasteiger partial charge in [-0.2, -0.15) is 0 Å². The summed E-state index contributed by atoms with van der Waals surface area (Å²) in [5.41, 5.74) is 0. The molecule has 0 spiro atoms. The van der Waals surface area contributed by atoms with Crippen molar-refractivity contribution in [3.8, 4) is 0 Å². The number of carbonyl (C=O) groups is 1. The largest absolute Gasteiger partial charge is 0.475 e. The van der Waals surface area contributed by atoms with Crippen LogP contribution in [0.25, 0.3) is 0 Å². The molecule has 0 amide bonds. The van der Waals surface area contributed by atoms with E-state index in [2.05, 4.69) is 13.8 Å². The van der Waals surface area contributed by atoms with E-state index in [0.29, 0.717) is 16.9 Å². The number of aliphatic hydroxyl groups is 1. The van der Waals surface area contributed by atoms with Crippen LogP contribution in [0, 0.1) is 11.8 Å². The number of aliphatic hydroxyl groups excluding tert-OH is 1. The van der Waals surface area contributed by atoms with Crippen molar-refractivity contribution in [1.29, 1.82) is 0 Å². The average Bonchev–Trinajstić information content (AvgIpc) is 2.62. The van der Waals surface area contributed by atoms with E-state index in [4.69, 9.17) is 26.8 Å². The van der Waals surface area contributed by atoms with Gasteiger partial charge in [0.15, 0.2) is 0 Å². The lowest BCUT2D eigenvalue weighted by Gasteiger charge is -2.23. The molecule has 4 nitrogen and oxygen atoms in total. The highest BCUT2D eigenvalue weighted by Crippen LogP contribution is 2.28. The molecule has 0 heterocycles. The highest BCUT2D eigenvalue weighted by Gasteiger charge is 2.22. The van der Waals surface area contributed by atoms with Crippen molar-refractivity contribution in [3.05, 3.63) is 0 Å². The Hall–Kier alpha value is -0.330. The van der Waals surface area contributed by atoms with Crippen molar-refractivity contribution in [2.75, 3.05) is 13.7 Å². The zero-order chi connectivity index (χ0) is 20.7. The van der Waals surface area contributed by atoms with Gasteiger partial charge in [0.1, 0.15) is 0 Å². The minimum absolute atomic E-state index is 0.0996. The summed E-state index contributed by atoms with van der Waals surface area (Å²) in [6, 6.07) is 0. The van der Waals surface area contributed by atoms with Crippen LogP contribution in [0.2, 0.25) is 0 Å². The molecular formula is C21H40O4S2. The molecule has 0 aromatic heterocycles. The number of hydrogen-bond acceptors (Lipinski definition) is 6. The molecule has 1 N–H and O–H groups in total. The second kappa shape index (κ2) is 16.6. The van der Waals surface area contributed by atoms with Crippen LogP contribution >= 0.6 is 24.0 Å². The summed E-state index contributed by atoms with van der Waals surface area (Å²) in [5.74, 6) is 0.130. The number of hydrogen-bond donors (Lipinski definition) is 1. The smallest absolute Gasteiger partial charge is 0.308 e. The molecule has 0 aromatic rings. The Kier molecular flexibility index (Phi) is 16.4. The minimum Gasteiger partial charge on any atom is -0.475 e. The number of esters is 1. The summed E-state index contributed by atoms with van der Waals surface area (Å²) >= 11 is 7.03. The number of ether oxygens (including phenoxy) is 2. The zero-order valence-corrected chi connectivity index (χ0v) is 19.5. The van der Waals surface area contributed by atoms with Gasteiger partial charge >= 0.3 is 5.97 Å². The Bertz CT molecular complexity index is 402. The fraction of sp³-hybridized carbons (Fsp3) is 0.905. The summed E-state index contributed by atoms with van der Waals surface area (Å²) in [4.78, 5) is 11.8. The molecular weight excluding hydrogens is 380 g/mol. The Labute approximate surface area is 176 Å². The summed E-state index contributed by atoms with van der Waals surface area (Å²) in [6.07, 6.45) is 9.89. The first-order chi connectivity index (χ1) is 12.8. The van der Waals surface area contributed by atoms with Gasteiger partial charge < -0.3 is 14.6 Å². The van der Waals surface area contributed by atoms with Gasteiger partial charge in [-0.15, -0.1) is 0 Å². The van der Waals surface area contributed by atoms with Gasteiger partial charge in [-0.3, -0.25) is 4.79 Å². The van der Waals surface area contributed by atoms with Crippen molar-refractivity contribution < 1.29 is 19.4 Å². The van der Waals surface area contributed by atoms with Crippen molar-refractivity contribution in [2.24, 2.45) is 11.8 Å². The number of thioether (sulfide) groups is 1. The maximum absolute atomic E-state index is 11.8. The second-order valence-electron chi connectivity index (χ2n) is 7.70. The monoisotopic (exact) mass is 420 g/mol. The van der Waals surface area contributed by atoms with Crippen LogP contribution in [-0.4, -0.2) is 40.5 Å². The molecule has 0 saturated heterocycles. The van der Waals surface area contributed by atoms with E-state index in [1.54, 1.807) is 11.8 Å². The van der Waals surface area contributed by atoms with Crippen LogP contribution in [0.3, 0.4) is 0 Å². The lowest BCUT2D eigenvalue weighted by molar-refractivity contribution is -0.145. The van der Waals surface area contributed by atoms with Gasteiger partial charge in [0, 0.05) is 11.9 Å². The molecule has 3 atom stereocenters. The highest BCUT2D eigenvalue weighted by atomic mass is 32.2. The standard InChI is InChI=1S/C21H40O4S2/c1-16(2)18(4)25-21(26)27-19(15-17(3)20(23)24-5)13-11-9-7-6-8-10-12-14-22/h16-19,22H,6-15H2,1-5H3. The summed E-state index contributed by atoms with van der Waals surface area (Å²) in [5, 5.41) is 9.08. The molecule has 6 heteroatoms. The first-order valence-electron chi connectivity index (χ1n) is 10.4. The molecule has 0 aliphatic rings. The SMILES string of the molecule is COC(=O)C(C)CC(CCCCCCCCCO)SC(=S)OC(C)C(C)C. The lowest BCUT2D eigenvalue weighted by Crippen LogP contribution is -2.22. The van der Waals surface area contributed by atoms with E-state index < -0.39 is 0 Å². The maximum atomic E-state index is 11.8. The maximum Gasteiger partial charge on any atom is 0.308 e.